The molecule has 0 unspecified atom stereocenters. The summed E-state index contributed by atoms with van der Waals surface area (Å²) in [5, 5.41) is 7.71. The number of urea groups is 1. The Bertz CT molecular complexity index is 2130. The highest BCUT2D eigenvalue weighted by molar-refractivity contribution is 6.22. The van der Waals surface area contributed by atoms with Gasteiger partial charge in [0.1, 0.15) is 29.5 Å². The van der Waals surface area contributed by atoms with Gasteiger partial charge in [-0.25, -0.2) is 18.8 Å². The molecule has 1 atom stereocenters. The SMILES string of the molecule is Cc1cc(-n2ncc(C(=O)c3cc4cc(OC5CCN(C(C)C)CC5)c(N5C(=O)N[C@@H](C)C5=O)cc4[nH]3)c2N)ccc1Oc1ccccc1F. The third-order valence-corrected chi connectivity index (χ3v) is 9.33. The Kier molecular flexibility index (Phi) is 8.52. The molecule has 258 valence electrons. The number of nitrogen functional groups attached to an aromatic ring is 1. The van der Waals surface area contributed by atoms with E-state index in [2.05, 4.69) is 34.1 Å². The number of aryl methyl sites for hydroxylation is 1. The van der Waals surface area contributed by atoms with Crippen molar-refractivity contribution in [3.63, 3.8) is 0 Å². The molecule has 7 rings (SSSR count). The summed E-state index contributed by atoms with van der Waals surface area (Å²) in [6.07, 6.45) is 2.90. The van der Waals surface area contributed by atoms with Crippen LogP contribution in [-0.4, -0.2) is 68.7 Å². The van der Waals surface area contributed by atoms with Crippen LogP contribution in [0.1, 0.15) is 55.2 Å². The van der Waals surface area contributed by atoms with Crippen LogP contribution in [0.3, 0.4) is 0 Å². The third-order valence-electron chi connectivity index (χ3n) is 9.33. The minimum atomic E-state index is -0.681. The van der Waals surface area contributed by atoms with E-state index in [0.29, 0.717) is 45.4 Å². The lowest BCUT2D eigenvalue weighted by molar-refractivity contribution is -0.118. The maximum Gasteiger partial charge on any atom is 0.329 e. The number of hydrogen-bond donors (Lipinski definition) is 3. The molecule has 0 aliphatic carbocycles. The van der Waals surface area contributed by atoms with Gasteiger partial charge < -0.3 is 30.4 Å². The topological polar surface area (TPSA) is 148 Å². The molecule has 0 saturated carbocycles. The smallest absolute Gasteiger partial charge is 0.329 e. The number of rotatable bonds is 9. The molecule has 2 aliphatic rings. The first-order valence-corrected chi connectivity index (χ1v) is 16.6. The second-order valence-corrected chi connectivity index (χ2v) is 13.0. The second kappa shape index (κ2) is 13.0. The normalized spacial score (nSPS) is 17.2. The fourth-order valence-electron chi connectivity index (χ4n) is 6.47. The average Bonchev–Trinajstić information content (AvgIpc) is 3.76. The minimum absolute atomic E-state index is 0.103. The van der Waals surface area contributed by atoms with Crippen molar-refractivity contribution in [2.24, 2.45) is 0 Å². The monoisotopic (exact) mass is 679 g/mol. The Hall–Kier alpha value is -5.69. The number of halogens is 1. The van der Waals surface area contributed by atoms with Gasteiger partial charge in [0, 0.05) is 30.0 Å². The van der Waals surface area contributed by atoms with E-state index in [1.54, 1.807) is 61.5 Å². The van der Waals surface area contributed by atoms with Crippen LogP contribution in [0.4, 0.5) is 20.7 Å². The van der Waals surface area contributed by atoms with Crippen molar-refractivity contribution in [2.75, 3.05) is 23.7 Å². The maximum absolute atomic E-state index is 14.1. The molecule has 13 heteroatoms. The number of ketones is 1. The number of nitrogens with one attached hydrogen (secondary N) is 2. The Morgan fingerprint density at radius 1 is 1.02 bits per heavy atom. The highest BCUT2D eigenvalue weighted by Gasteiger charge is 2.38. The van der Waals surface area contributed by atoms with E-state index < -0.39 is 23.7 Å². The molecule has 12 nitrogen and oxygen atoms in total. The lowest BCUT2D eigenvalue weighted by Crippen LogP contribution is -2.42. The van der Waals surface area contributed by atoms with Gasteiger partial charge in [0.2, 0.25) is 5.78 Å². The van der Waals surface area contributed by atoms with Gasteiger partial charge in [-0.3, -0.25) is 9.59 Å². The molecule has 0 bridgehead atoms. The van der Waals surface area contributed by atoms with Gasteiger partial charge in [0.25, 0.3) is 5.91 Å². The average molecular weight is 680 g/mol. The number of carbonyl (C=O) groups is 3. The van der Waals surface area contributed by atoms with Crippen molar-refractivity contribution in [1.29, 1.82) is 0 Å². The number of fused-ring (bicyclic) bond motifs is 1. The molecule has 50 heavy (non-hydrogen) atoms. The first-order chi connectivity index (χ1) is 24.0. The molecule has 2 aromatic heterocycles. The highest BCUT2D eigenvalue weighted by Crippen LogP contribution is 2.38. The van der Waals surface area contributed by atoms with Crippen LogP contribution in [0.25, 0.3) is 16.6 Å². The van der Waals surface area contributed by atoms with Crippen LogP contribution in [0.15, 0.2) is 66.9 Å². The summed E-state index contributed by atoms with van der Waals surface area (Å²) in [5.41, 5.74) is 9.05. The number of benzene rings is 3. The summed E-state index contributed by atoms with van der Waals surface area (Å²) in [6.45, 7) is 9.54. The summed E-state index contributed by atoms with van der Waals surface area (Å²) < 4.78 is 27.8. The number of ether oxygens (including phenoxy) is 2. The summed E-state index contributed by atoms with van der Waals surface area (Å²) in [7, 11) is 0. The predicted molar refractivity (Wildman–Crippen MR) is 187 cm³/mol. The van der Waals surface area contributed by atoms with Crippen LogP contribution in [-0.2, 0) is 4.79 Å². The zero-order chi connectivity index (χ0) is 35.3. The van der Waals surface area contributed by atoms with E-state index in [1.165, 1.54) is 16.9 Å². The number of para-hydroxylation sites is 1. The van der Waals surface area contributed by atoms with E-state index in [1.807, 2.05) is 6.92 Å². The third kappa shape index (κ3) is 6.04. The molecular weight excluding hydrogens is 641 g/mol. The van der Waals surface area contributed by atoms with Gasteiger partial charge in [0.15, 0.2) is 11.6 Å². The quantitative estimate of drug-likeness (QED) is 0.125. The van der Waals surface area contributed by atoms with Crippen molar-refractivity contribution in [3.05, 3.63) is 89.5 Å². The van der Waals surface area contributed by atoms with Gasteiger partial charge in [-0.2, -0.15) is 5.10 Å². The van der Waals surface area contributed by atoms with Crippen LogP contribution < -0.4 is 25.4 Å². The number of anilines is 2. The molecule has 4 heterocycles. The number of amides is 3. The van der Waals surface area contributed by atoms with Crippen LogP contribution in [0.5, 0.6) is 17.2 Å². The number of aromatic amines is 1. The van der Waals surface area contributed by atoms with E-state index in [4.69, 9.17) is 15.2 Å². The van der Waals surface area contributed by atoms with Crippen LogP contribution >= 0.6 is 0 Å². The van der Waals surface area contributed by atoms with Gasteiger partial charge in [-0.1, -0.05) is 12.1 Å². The molecule has 2 fully saturated rings. The summed E-state index contributed by atoms with van der Waals surface area (Å²) in [5.74, 6) is -0.169. The number of nitrogens with zero attached hydrogens (tertiary/aromatic N) is 4. The fraction of sp³-hybridized carbons (Fsp3) is 0.297. The van der Waals surface area contributed by atoms with Crippen molar-refractivity contribution < 1.29 is 28.2 Å². The summed E-state index contributed by atoms with van der Waals surface area (Å²) >= 11 is 0. The molecule has 5 aromatic rings. The predicted octanol–water partition coefficient (Wildman–Crippen LogP) is 6.10. The van der Waals surface area contributed by atoms with Crippen LogP contribution in [0.2, 0.25) is 0 Å². The zero-order valence-corrected chi connectivity index (χ0v) is 28.2. The number of imide groups is 1. The van der Waals surface area contributed by atoms with Crippen LogP contribution in [0, 0.1) is 12.7 Å². The Morgan fingerprint density at radius 3 is 2.46 bits per heavy atom. The number of carbonyl (C=O) groups excluding carboxylic acids is 3. The first-order valence-electron chi connectivity index (χ1n) is 16.6. The zero-order valence-electron chi connectivity index (χ0n) is 28.2. The number of H-pyrrole nitrogens is 1. The Morgan fingerprint density at radius 2 is 1.78 bits per heavy atom. The minimum Gasteiger partial charge on any atom is -0.488 e. The number of nitrogens with two attached hydrogens (primary N) is 1. The Labute approximate surface area is 287 Å². The summed E-state index contributed by atoms with van der Waals surface area (Å²) in [4.78, 5) is 46.4. The number of hydrogen-bond acceptors (Lipinski definition) is 8. The lowest BCUT2D eigenvalue weighted by Gasteiger charge is -2.35. The van der Waals surface area contributed by atoms with Gasteiger partial charge >= 0.3 is 6.03 Å². The highest BCUT2D eigenvalue weighted by atomic mass is 19.1. The van der Waals surface area contributed by atoms with Gasteiger partial charge in [0.05, 0.1) is 28.8 Å². The van der Waals surface area contributed by atoms with E-state index in [0.717, 1.165) is 30.8 Å². The maximum atomic E-state index is 14.1. The first kappa shape index (κ1) is 32.8. The molecule has 2 saturated heterocycles. The van der Waals surface area contributed by atoms with Gasteiger partial charge in [-0.05, 0) is 94.6 Å². The molecule has 0 spiro atoms. The van der Waals surface area contributed by atoms with Crippen molar-refractivity contribution in [1.82, 2.24) is 25.0 Å². The number of likely N-dealkylation sites (tertiary alicyclic amines) is 1. The van der Waals surface area contributed by atoms with Gasteiger partial charge in [-0.15, -0.1) is 0 Å². The standard InChI is InChI=1S/C37H38FN7O5/c1-20(2)43-13-11-25(12-14-43)49-33-17-23-16-29(42-28(23)18-30(33)44-36(47)22(4)41-37(44)48)34(46)26-19-40-45(35(26)39)24-9-10-31(21(3)15-24)50-32-8-6-5-7-27(32)38/h5-10,15-20,22,25,42H,11-14,39H2,1-4H3,(H,41,48)/t22-/m0/s1. The number of piperidine rings is 1. The fourth-order valence-corrected chi connectivity index (χ4v) is 6.47. The largest absolute Gasteiger partial charge is 0.488 e. The molecule has 3 aromatic carbocycles. The molecule has 0 radical (unpaired) electrons. The molecular formula is C37H38FN7O5. The summed E-state index contributed by atoms with van der Waals surface area (Å²) in [6, 6.07) is 15.7. The molecule has 2 aliphatic heterocycles. The number of aromatic nitrogens is 3. The van der Waals surface area contributed by atoms with Crippen molar-refractivity contribution in [2.45, 2.75) is 58.7 Å². The lowest BCUT2D eigenvalue weighted by atomic mass is 10.1. The van der Waals surface area contributed by atoms with Crippen molar-refractivity contribution in [3.8, 4) is 22.9 Å². The van der Waals surface area contributed by atoms with E-state index >= 15 is 0 Å². The Balaban J connectivity index is 1.17. The second-order valence-electron chi connectivity index (χ2n) is 13.0. The van der Waals surface area contributed by atoms with E-state index in [-0.39, 0.29) is 34.8 Å². The molecule has 4 N–H and O–H groups in total. The van der Waals surface area contributed by atoms with E-state index in [9.17, 15) is 18.8 Å². The molecule has 3 amide bonds. The van der Waals surface area contributed by atoms with Crippen molar-refractivity contribution >= 4 is 40.1 Å².